The second-order valence-electron chi connectivity index (χ2n) is 7.45. The molecule has 0 radical (unpaired) electrons. The molecule has 0 spiro atoms. The Bertz CT molecular complexity index is 1420. The molecule has 4 aromatic rings. The van der Waals surface area contributed by atoms with Crippen LogP contribution >= 0.6 is 0 Å². The average molecular weight is 421 g/mol. The monoisotopic (exact) mass is 421 g/mol. The molecule has 0 aliphatic carbocycles. The van der Waals surface area contributed by atoms with Crippen molar-refractivity contribution in [3.05, 3.63) is 83.3 Å². The topological polar surface area (TPSA) is 99.8 Å². The zero-order chi connectivity index (χ0) is 22.1. The van der Waals surface area contributed by atoms with E-state index in [0.717, 1.165) is 33.3 Å². The smallest absolute Gasteiger partial charge is 0.256 e. The summed E-state index contributed by atoms with van der Waals surface area (Å²) < 4.78 is 0. The largest absolute Gasteiger partial charge is 0.325 e. The van der Waals surface area contributed by atoms with Crippen molar-refractivity contribution in [3.63, 3.8) is 0 Å². The van der Waals surface area contributed by atoms with Crippen molar-refractivity contribution < 1.29 is 9.59 Å². The van der Waals surface area contributed by atoms with Crippen molar-refractivity contribution in [1.82, 2.24) is 15.2 Å². The molecule has 7 heteroatoms. The van der Waals surface area contributed by atoms with Gasteiger partial charge in [0.2, 0.25) is 5.91 Å². The average Bonchev–Trinajstić information content (AvgIpc) is 3.34. The molecule has 156 valence electrons. The Hall–Kier alpha value is -4.52. The van der Waals surface area contributed by atoms with E-state index in [1.807, 2.05) is 60.7 Å². The lowest BCUT2D eigenvalue weighted by molar-refractivity contribution is -0.114. The Labute approximate surface area is 183 Å². The number of nitrogens with zero attached hydrogens (tertiary/aromatic N) is 2. The first-order chi connectivity index (χ1) is 15.6. The van der Waals surface area contributed by atoms with E-state index in [4.69, 9.17) is 0 Å². The number of nitrogens with one attached hydrogen (secondary N) is 3. The van der Waals surface area contributed by atoms with E-state index >= 15 is 0 Å². The molecule has 0 saturated heterocycles. The molecule has 0 saturated carbocycles. The highest BCUT2D eigenvalue weighted by Crippen LogP contribution is 2.38. The predicted molar refractivity (Wildman–Crippen MR) is 127 cm³/mol. The summed E-state index contributed by atoms with van der Waals surface area (Å²) in [6.45, 7) is 1.44. The molecule has 2 aromatic carbocycles. The number of benzene rings is 2. The first kappa shape index (κ1) is 19.4. The van der Waals surface area contributed by atoms with E-state index in [9.17, 15) is 9.59 Å². The quantitative estimate of drug-likeness (QED) is 0.420. The molecule has 2 aromatic heterocycles. The van der Waals surface area contributed by atoms with Crippen molar-refractivity contribution >= 4 is 57.9 Å². The van der Waals surface area contributed by atoms with Crippen molar-refractivity contribution in [3.8, 4) is 0 Å². The number of anilines is 2. The predicted octanol–water partition coefficient (Wildman–Crippen LogP) is 4.58. The number of amides is 2. The first-order valence-electron chi connectivity index (χ1n) is 10.1. The Balaban J connectivity index is 1.47. The van der Waals surface area contributed by atoms with Crippen LogP contribution in [0, 0.1) is 0 Å². The van der Waals surface area contributed by atoms with Crippen LogP contribution in [0.5, 0.6) is 0 Å². The lowest BCUT2D eigenvalue weighted by Gasteiger charge is -2.07. The molecular formula is C25H19N5O2. The molecule has 3 N–H and O–H groups in total. The lowest BCUT2D eigenvalue weighted by Crippen LogP contribution is -2.09. The number of carbonyl (C=O) groups is 2. The Kier molecular flexibility index (Phi) is 4.84. The summed E-state index contributed by atoms with van der Waals surface area (Å²) >= 11 is 0. The SMILES string of the molecule is CC(=O)Nc1cccc2c1NC(=O)C2=Cc1ccc2c(C=Cc3ccncc3)n[nH]c2c1. The van der Waals surface area contributed by atoms with Gasteiger partial charge in [-0.15, -0.1) is 0 Å². The Morgan fingerprint density at radius 1 is 1.03 bits per heavy atom. The number of aromatic amines is 1. The molecule has 2 amide bonds. The van der Waals surface area contributed by atoms with Crippen LogP contribution in [-0.4, -0.2) is 27.0 Å². The maximum Gasteiger partial charge on any atom is 0.256 e. The fourth-order valence-electron chi connectivity index (χ4n) is 3.74. The van der Waals surface area contributed by atoms with Crippen LogP contribution in [-0.2, 0) is 9.59 Å². The van der Waals surface area contributed by atoms with Gasteiger partial charge < -0.3 is 10.6 Å². The van der Waals surface area contributed by atoms with Crippen molar-refractivity contribution in [2.45, 2.75) is 6.92 Å². The third-order valence-corrected chi connectivity index (χ3v) is 5.22. The lowest BCUT2D eigenvalue weighted by atomic mass is 10.0. The molecule has 0 unspecified atom stereocenters. The molecular weight excluding hydrogens is 402 g/mol. The second-order valence-corrected chi connectivity index (χ2v) is 7.45. The van der Waals surface area contributed by atoms with Gasteiger partial charge in [0, 0.05) is 35.8 Å². The number of para-hydroxylation sites is 1. The van der Waals surface area contributed by atoms with E-state index in [1.54, 1.807) is 18.5 Å². The van der Waals surface area contributed by atoms with Crippen LogP contribution in [0.25, 0.3) is 34.7 Å². The van der Waals surface area contributed by atoms with Gasteiger partial charge in [0.05, 0.1) is 22.6 Å². The molecule has 3 heterocycles. The summed E-state index contributed by atoms with van der Waals surface area (Å²) in [5.74, 6) is -0.396. The van der Waals surface area contributed by atoms with Gasteiger partial charge in [-0.2, -0.15) is 5.10 Å². The van der Waals surface area contributed by atoms with E-state index in [1.165, 1.54) is 6.92 Å². The highest BCUT2D eigenvalue weighted by Gasteiger charge is 2.26. The number of H-pyrrole nitrogens is 1. The number of carbonyl (C=O) groups excluding carboxylic acids is 2. The number of fused-ring (bicyclic) bond motifs is 2. The minimum Gasteiger partial charge on any atom is -0.325 e. The highest BCUT2D eigenvalue weighted by atomic mass is 16.2. The Morgan fingerprint density at radius 3 is 2.69 bits per heavy atom. The maximum absolute atomic E-state index is 12.6. The summed E-state index contributed by atoms with van der Waals surface area (Å²) in [6, 6.07) is 15.2. The van der Waals surface area contributed by atoms with Gasteiger partial charge in [-0.3, -0.25) is 19.7 Å². The van der Waals surface area contributed by atoms with Crippen LogP contribution in [0.3, 0.4) is 0 Å². The number of pyridine rings is 1. The van der Waals surface area contributed by atoms with Gasteiger partial charge in [-0.25, -0.2) is 0 Å². The van der Waals surface area contributed by atoms with Gasteiger partial charge in [-0.1, -0.05) is 24.3 Å². The number of rotatable bonds is 4. The molecule has 0 bridgehead atoms. The van der Waals surface area contributed by atoms with Gasteiger partial charge >= 0.3 is 0 Å². The van der Waals surface area contributed by atoms with Crippen molar-refractivity contribution in [1.29, 1.82) is 0 Å². The molecule has 0 fully saturated rings. The Morgan fingerprint density at radius 2 is 1.88 bits per heavy atom. The van der Waals surface area contributed by atoms with Crippen LogP contribution in [0.2, 0.25) is 0 Å². The number of aromatic nitrogens is 3. The third-order valence-electron chi connectivity index (χ3n) is 5.22. The van der Waals surface area contributed by atoms with Crippen LogP contribution in [0.4, 0.5) is 11.4 Å². The summed E-state index contributed by atoms with van der Waals surface area (Å²) in [5, 5.41) is 14.1. The third kappa shape index (κ3) is 3.67. The maximum atomic E-state index is 12.6. The van der Waals surface area contributed by atoms with E-state index in [0.29, 0.717) is 16.9 Å². The standard InChI is InChI=1S/C25H19N5O2/c1-15(31)27-22-4-2-3-18-20(25(32)28-24(18)22)13-17-5-7-19-21(29-30-23(19)14-17)8-6-16-9-11-26-12-10-16/h2-14H,1H3,(H,27,31)(H,28,32)(H,29,30). The van der Waals surface area contributed by atoms with Crippen LogP contribution < -0.4 is 10.6 Å². The molecule has 1 aliphatic heterocycles. The van der Waals surface area contributed by atoms with E-state index < -0.39 is 0 Å². The van der Waals surface area contributed by atoms with E-state index in [2.05, 4.69) is 25.8 Å². The van der Waals surface area contributed by atoms with Crippen molar-refractivity contribution in [2.24, 2.45) is 0 Å². The second kappa shape index (κ2) is 7.96. The van der Waals surface area contributed by atoms with Crippen LogP contribution in [0.1, 0.15) is 29.3 Å². The van der Waals surface area contributed by atoms with Crippen molar-refractivity contribution in [2.75, 3.05) is 10.6 Å². The molecule has 5 rings (SSSR count). The first-order valence-corrected chi connectivity index (χ1v) is 10.1. The highest BCUT2D eigenvalue weighted by molar-refractivity contribution is 6.36. The molecule has 0 atom stereocenters. The number of hydrogen-bond donors (Lipinski definition) is 3. The van der Waals surface area contributed by atoms with E-state index in [-0.39, 0.29) is 11.8 Å². The molecule has 32 heavy (non-hydrogen) atoms. The number of hydrogen-bond acceptors (Lipinski definition) is 4. The summed E-state index contributed by atoms with van der Waals surface area (Å²) in [7, 11) is 0. The van der Waals surface area contributed by atoms with Gasteiger partial charge in [0.25, 0.3) is 5.91 Å². The molecule has 7 nitrogen and oxygen atoms in total. The summed E-state index contributed by atoms with van der Waals surface area (Å²) in [5.41, 5.74) is 6.12. The zero-order valence-electron chi connectivity index (χ0n) is 17.2. The summed E-state index contributed by atoms with van der Waals surface area (Å²) in [4.78, 5) is 28.1. The van der Waals surface area contributed by atoms with Gasteiger partial charge in [0.15, 0.2) is 0 Å². The minimum absolute atomic E-state index is 0.191. The fraction of sp³-hybridized carbons (Fsp3) is 0.0400. The summed E-state index contributed by atoms with van der Waals surface area (Å²) in [6.07, 6.45) is 9.28. The minimum atomic E-state index is -0.205. The normalized spacial score (nSPS) is 14.2. The fourth-order valence-corrected chi connectivity index (χ4v) is 3.74. The van der Waals surface area contributed by atoms with Gasteiger partial charge in [0.1, 0.15) is 0 Å². The molecule has 1 aliphatic rings. The van der Waals surface area contributed by atoms with Crippen LogP contribution in [0.15, 0.2) is 60.9 Å². The van der Waals surface area contributed by atoms with Gasteiger partial charge in [-0.05, 0) is 53.6 Å². The zero-order valence-corrected chi connectivity index (χ0v) is 17.2.